The Balaban J connectivity index is 1.57. The summed E-state index contributed by atoms with van der Waals surface area (Å²) in [7, 11) is -3.25. The molecule has 0 amide bonds. The number of nitrogens with zero attached hydrogens (tertiary/aromatic N) is 3. The number of sulfone groups is 1. The van der Waals surface area contributed by atoms with Gasteiger partial charge in [-0.15, -0.1) is 0 Å². The molecule has 2 aromatic heterocycles. The van der Waals surface area contributed by atoms with Gasteiger partial charge in [-0.3, -0.25) is 14.9 Å². The van der Waals surface area contributed by atoms with Gasteiger partial charge in [0, 0.05) is 49.2 Å². The van der Waals surface area contributed by atoms with Crippen LogP contribution in [0.25, 0.3) is 11.0 Å². The Labute approximate surface area is 157 Å². The Hall–Kier alpha value is -2.02. The standard InChI is InChI=1S/C19H18ClN3O2S/c1-26(24,25)15-5-4-13(16(20)10-15)11-23-8-6-17-14(12-23)9-19-18(22-17)3-2-7-21-19/h2-5,7,9-10H,6,8,11-12H2,1H3. The molecule has 26 heavy (non-hydrogen) atoms. The molecule has 134 valence electrons. The van der Waals surface area contributed by atoms with Gasteiger partial charge in [0.15, 0.2) is 9.84 Å². The molecule has 0 spiro atoms. The summed E-state index contributed by atoms with van der Waals surface area (Å²) in [6.45, 7) is 2.33. The molecule has 5 nitrogen and oxygen atoms in total. The highest BCUT2D eigenvalue weighted by Crippen LogP contribution is 2.26. The highest BCUT2D eigenvalue weighted by atomic mass is 35.5. The fraction of sp³-hybridized carbons (Fsp3) is 0.263. The fourth-order valence-corrected chi connectivity index (χ4v) is 4.23. The number of rotatable bonds is 3. The summed E-state index contributed by atoms with van der Waals surface area (Å²) in [5, 5.41) is 0.483. The maximum absolute atomic E-state index is 11.6. The fourth-order valence-electron chi connectivity index (χ4n) is 3.28. The summed E-state index contributed by atoms with van der Waals surface area (Å²) < 4.78 is 23.3. The zero-order chi connectivity index (χ0) is 18.3. The van der Waals surface area contributed by atoms with Gasteiger partial charge in [0.05, 0.1) is 15.9 Å². The van der Waals surface area contributed by atoms with Crippen molar-refractivity contribution in [3.63, 3.8) is 0 Å². The maximum atomic E-state index is 11.6. The zero-order valence-electron chi connectivity index (χ0n) is 14.3. The molecule has 1 aliphatic rings. The minimum Gasteiger partial charge on any atom is -0.294 e. The lowest BCUT2D eigenvalue weighted by Crippen LogP contribution is -2.30. The smallest absolute Gasteiger partial charge is 0.175 e. The first-order chi connectivity index (χ1) is 12.4. The molecule has 4 rings (SSSR count). The summed E-state index contributed by atoms with van der Waals surface area (Å²) in [5.74, 6) is 0. The second-order valence-electron chi connectivity index (χ2n) is 6.62. The first kappa shape index (κ1) is 17.4. The van der Waals surface area contributed by atoms with E-state index in [0.29, 0.717) is 11.6 Å². The van der Waals surface area contributed by atoms with Crippen molar-refractivity contribution >= 4 is 32.5 Å². The molecule has 0 saturated heterocycles. The minimum absolute atomic E-state index is 0.247. The van der Waals surface area contributed by atoms with Crippen molar-refractivity contribution in [3.05, 3.63) is 64.4 Å². The molecule has 1 aromatic carbocycles. The van der Waals surface area contributed by atoms with E-state index in [2.05, 4.69) is 16.0 Å². The first-order valence-corrected chi connectivity index (χ1v) is 10.6. The predicted molar refractivity (Wildman–Crippen MR) is 102 cm³/mol. The SMILES string of the molecule is CS(=O)(=O)c1ccc(CN2CCc3nc4cccnc4cc3C2)c(Cl)c1. The van der Waals surface area contributed by atoms with Gasteiger partial charge in [0.25, 0.3) is 0 Å². The van der Waals surface area contributed by atoms with Crippen LogP contribution in [0.1, 0.15) is 16.8 Å². The van der Waals surface area contributed by atoms with Gasteiger partial charge >= 0.3 is 0 Å². The summed E-state index contributed by atoms with van der Waals surface area (Å²) in [5.41, 5.74) is 5.07. The number of hydrogen-bond donors (Lipinski definition) is 0. The third-order valence-electron chi connectivity index (χ3n) is 4.66. The Kier molecular flexibility index (Phi) is 4.42. The van der Waals surface area contributed by atoms with E-state index in [0.717, 1.165) is 41.8 Å². The van der Waals surface area contributed by atoms with Crippen LogP contribution in [0.4, 0.5) is 0 Å². The molecule has 0 unspecified atom stereocenters. The quantitative estimate of drug-likeness (QED) is 0.690. The lowest BCUT2D eigenvalue weighted by Gasteiger charge is -2.28. The van der Waals surface area contributed by atoms with Crippen LogP contribution in [0.2, 0.25) is 5.02 Å². The monoisotopic (exact) mass is 387 g/mol. The third kappa shape index (κ3) is 3.45. The van der Waals surface area contributed by atoms with Crippen LogP contribution in [-0.2, 0) is 29.3 Å². The molecule has 0 N–H and O–H groups in total. The maximum Gasteiger partial charge on any atom is 0.175 e. The summed E-state index contributed by atoms with van der Waals surface area (Å²) >= 11 is 6.32. The lowest BCUT2D eigenvalue weighted by atomic mass is 10.0. The highest BCUT2D eigenvalue weighted by molar-refractivity contribution is 7.90. The molecule has 3 aromatic rings. The lowest BCUT2D eigenvalue weighted by molar-refractivity contribution is 0.244. The first-order valence-electron chi connectivity index (χ1n) is 8.34. The van der Waals surface area contributed by atoms with Crippen molar-refractivity contribution in [1.82, 2.24) is 14.9 Å². The molecule has 7 heteroatoms. The molecule has 0 bridgehead atoms. The number of hydrogen-bond acceptors (Lipinski definition) is 5. The second kappa shape index (κ2) is 6.61. The van der Waals surface area contributed by atoms with E-state index in [1.54, 1.807) is 18.3 Å². The van der Waals surface area contributed by atoms with E-state index in [1.807, 2.05) is 12.1 Å². The van der Waals surface area contributed by atoms with Crippen molar-refractivity contribution < 1.29 is 8.42 Å². The largest absolute Gasteiger partial charge is 0.294 e. The second-order valence-corrected chi connectivity index (χ2v) is 9.04. The number of halogens is 1. The van der Waals surface area contributed by atoms with Gasteiger partial charge in [-0.1, -0.05) is 17.7 Å². The molecule has 0 saturated carbocycles. The van der Waals surface area contributed by atoms with Crippen molar-refractivity contribution in [3.8, 4) is 0 Å². The summed E-state index contributed by atoms with van der Waals surface area (Å²) in [6, 6.07) is 10.9. The van der Waals surface area contributed by atoms with Crippen molar-refractivity contribution in [2.24, 2.45) is 0 Å². The minimum atomic E-state index is -3.25. The summed E-state index contributed by atoms with van der Waals surface area (Å²) in [4.78, 5) is 11.7. The Bertz CT molecular complexity index is 1100. The predicted octanol–water partition coefficient (Wildman–Crippen LogP) is 3.25. The Morgan fingerprint density at radius 1 is 1.19 bits per heavy atom. The van der Waals surface area contributed by atoms with Crippen LogP contribution >= 0.6 is 11.6 Å². The van der Waals surface area contributed by atoms with Crippen LogP contribution in [0.3, 0.4) is 0 Å². The number of aromatic nitrogens is 2. The molecule has 3 heterocycles. The van der Waals surface area contributed by atoms with Crippen LogP contribution in [-0.4, -0.2) is 36.1 Å². The van der Waals surface area contributed by atoms with Gasteiger partial charge in [0.2, 0.25) is 0 Å². The van der Waals surface area contributed by atoms with Crippen LogP contribution in [0.15, 0.2) is 47.5 Å². The summed E-state index contributed by atoms with van der Waals surface area (Å²) in [6.07, 6.45) is 3.84. The van der Waals surface area contributed by atoms with Crippen molar-refractivity contribution in [2.75, 3.05) is 12.8 Å². The van der Waals surface area contributed by atoms with Crippen LogP contribution in [0, 0.1) is 0 Å². The van der Waals surface area contributed by atoms with E-state index < -0.39 is 9.84 Å². The average molecular weight is 388 g/mol. The molecule has 0 radical (unpaired) electrons. The van der Waals surface area contributed by atoms with Gasteiger partial charge < -0.3 is 0 Å². The third-order valence-corrected chi connectivity index (χ3v) is 6.12. The number of pyridine rings is 2. The molecule has 0 aliphatic carbocycles. The van der Waals surface area contributed by atoms with Gasteiger partial charge in [-0.05, 0) is 41.5 Å². The normalized spacial score (nSPS) is 15.2. The topological polar surface area (TPSA) is 63.2 Å². The van der Waals surface area contributed by atoms with E-state index in [4.69, 9.17) is 16.6 Å². The van der Waals surface area contributed by atoms with Crippen LogP contribution in [0.5, 0.6) is 0 Å². The molecular formula is C19H18ClN3O2S. The average Bonchev–Trinajstić information content (AvgIpc) is 2.60. The zero-order valence-corrected chi connectivity index (χ0v) is 15.9. The van der Waals surface area contributed by atoms with E-state index in [9.17, 15) is 8.42 Å². The van der Waals surface area contributed by atoms with Gasteiger partial charge in [-0.2, -0.15) is 0 Å². The highest BCUT2D eigenvalue weighted by Gasteiger charge is 2.20. The van der Waals surface area contributed by atoms with E-state index >= 15 is 0 Å². The van der Waals surface area contributed by atoms with E-state index in [-0.39, 0.29) is 4.90 Å². The number of benzene rings is 1. The molecule has 0 atom stereocenters. The molecule has 1 aliphatic heterocycles. The molecular weight excluding hydrogens is 370 g/mol. The number of fused-ring (bicyclic) bond motifs is 2. The van der Waals surface area contributed by atoms with Crippen LogP contribution < -0.4 is 0 Å². The van der Waals surface area contributed by atoms with Crippen molar-refractivity contribution in [2.45, 2.75) is 24.4 Å². The Morgan fingerprint density at radius 3 is 2.81 bits per heavy atom. The molecule has 0 fully saturated rings. The van der Waals surface area contributed by atoms with Gasteiger partial charge in [0.1, 0.15) is 0 Å². The Morgan fingerprint density at radius 2 is 2.04 bits per heavy atom. The van der Waals surface area contributed by atoms with Gasteiger partial charge in [-0.25, -0.2) is 8.42 Å². The van der Waals surface area contributed by atoms with Crippen molar-refractivity contribution in [1.29, 1.82) is 0 Å². The van der Waals surface area contributed by atoms with E-state index in [1.165, 1.54) is 17.9 Å².